The number of ether oxygens (including phenoxy) is 1. The zero-order valence-electron chi connectivity index (χ0n) is 12.1. The molecule has 0 saturated carbocycles. The van der Waals surface area contributed by atoms with Crippen molar-refractivity contribution >= 4 is 0 Å². The third-order valence-corrected chi connectivity index (χ3v) is 3.85. The molecule has 1 aliphatic heterocycles. The summed E-state index contributed by atoms with van der Waals surface area (Å²) in [4.78, 5) is 10.9. The van der Waals surface area contributed by atoms with E-state index in [1.807, 2.05) is 12.1 Å². The molecule has 0 atom stereocenters. The van der Waals surface area contributed by atoms with Crippen LogP contribution in [-0.4, -0.2) is 35.1 Å². The Morgan fingerprint density at radius 3 is 2.67 bits per heavy atom. The molecule has 0 fully saturated rings. The first-order valence-electron chi connectivity index (χ1n) is 7.10. The van der Waals surface area contributed by atoms with Crippen molar-refractivity contribution < 1.29 is 9.13 Å². The minimum Gasteiger partial charge on any atom is -0.481 e. The molecule has 110 valence electrons. The summed E-state index contributed by atoms with van der Waals surface area (Å²) in [5.74, 6) is 0.491. The molecule has 1 aromatic heterocycles. The Balaban J connectivity index is 1.71. The Hall–Kier alpha value is -2.01. The number of benzene rings is 1. The van der Waals surface area contributed by atoms with E-state index in [1.54, 1.807) is 13.4 Å². The van der Waals surface area contributed by atoms with E-state index in [0.717, 1.165) is 49.3 Å². The smallest absolute Gasteiger partial charge is 0.219 e. The summed E-state index contributed by atoms with van der Waals surface area (Å²) in [5, 5.41) is 0. The predicted molar refractivity (Wildman–Crippen MR) is 77.7 cm³/mol. The van der Waals surface area contributed by atoms with Gasteiger partial charge in [-0.3, -0.25) is 4.90 Å². The van der Waals surface area contributed by atoms with E-state index < -0.39 is 0 Å². The first-order chi connectivity index (χ1) is 10.3. The molecule has 0 unspecified atom stereocenters. The lowest BCUT2D eigenvalue weighted by atomic mass is 10.1. The van der Waals surface area contributed by atoms with E-state index in [2.05, 4.69) is 14.9 Å². The van der Waals surface area contributed by atoms with E-state index in [0.29, 0.717) is 5.88 Å². The zero-order chi connectivity index (χ0) is 14.7. The van der Waals surface area contributed by atoms with Gasteiger partial charge in [0.2, 0.25) is 5.88 Å². The van der Waals surface area contributed by atoms with Crippen LogP contribution in [0.5, 0.6) is 5.88 Å². The van der Waals surface area contributed by atoms with E-state index in [-0.39, 0.29) is 5.82 Å². The predicted octanol–water partition coefficient (Wildman–Crippen LogP) is 2.23. The van der Waals surface area contributed by atoms with Gasteiger partial charge in [-0.05, 0) is 24.1 Å². The standard InChI is InChI=1S/C16H18FN3O/c1-21-16-14-6-8-20(9-7-15(14)18-11-19-16)10-12-2-4-13(17)5-3-12/h2-5,11H,6-10H2,1H3. The highest BCUT2D eigenvalue weighted by Crippen LogP contribution is 2.22. The van der Waals surface area contributed by atoms with E-state index >= 15 is 0 Å². The third-order valence-electron chi connectivity index (χ3n) is 3.85. The summed E-state index contributed by atoms with van der Waals surface area (Å²) in [5.41, 5.74) is 3.31. The number of aromatic nitrogens is 2. The monoisotopic (exact) mass is 287 g/mol. The minimum atomic E-state index is -0.193. The summed E-state index contributed by atoms with van der Waals surface area (Å²) in [6, 6.07) is 6.70. The first kappa shape index (κ1) is 13.9. The quantitative estimate of drug-likeness (QED) is 0.867. The fraction of sp³-hybridized carbons (Fsp3) is 0.375. The van der Waals surface area contributed by atoms with Crippen molar-refractivity contribution in [1.29, 1.82) is 0 Å². The topological polar surface area (TPSA) is 38.3 Å². The normalized spacial score (nSPS) is 15.3. The highest BCUT2D eigenvalue weighted by atomic mass is 19.1. The van der Waals surface area contributed by atoms with Crippen molar-refractivity contribution in [3.05, 3.63) is 53.2 Å². The van der Waals surface area contributed by atoms with Crippen LogP contribution in [0.2, 0.25) is 0 Å². The average molecular weight is 287 g/mol. The maximum atomic E-state index is 13.0. The van der Waals surface area contributed by atoms with Gasteiger partial charge >= 0.3 is 0 Å². The molecule has 3 rings (SSSR count). The van der Waals surface area contributed by atoms with Crippen molar-refractivity contribution in [2.45, 2.75) is 19.4 Å². The van der Waals surface area contributed by atoms with Gasteiger partial charge in [-0.2, -0.15) is 0 Å². The van der Waals surface area contributed by atoms with Crippen LogP contribution >= 0.6 is 0 Å². The Bertz CT molecular complexity index is 615. The summed E-state index contributed by atoms with van der Waals surface area (Å²) >= 11 is 0. The lowest BCUT2D eigenvalue weighted by Gasteiger charge is -2.19. The molecule has 0 bridgehead atoms. The van der Waals surface area contributed by atoms with Crippen LogP contribution in [0.1, 0.15) is 16.8 Å². The summed E-state index contributed by atoms with van der Waals surface area (Å²) in [6.07, 6.45) is 3.32. The molecule has 21 heavy (non-hydrogen) atoms. The number of fused-ring (bicyclic) bond motifs is 1. The van der Waals surface area contributed by atoms with Crippen LogP contribution in [0.25, 0.3) is 0 Å². The highest BCUT2D eigenvalue weighted by Gasteiger charge is 2.18. The number of hydrogen-bond acceptors (Lipinski definition) is 4. The molecule has 0 amide bonds. The Kier molecular flexibility index (Phi) is 4.10. The molecule has 1 aliphatic rings. The van der Waals surface area contributed by atoms with Gasteiger partial charge in [0.25, 0.3) is 0 Å². The van der Waals surface area contributed by atoms with Gasteiger partial charge < -0.3 is 4.74 Å². The minimum absolute atomic E-state index is 0.193. The number of rotatable bonds is 3. The molecule has 5 heteroatoms. The van der Waals surface area contributed by atoms with Gasteiger partial charge in [0.15, 0.2) is 0 Å². The molecule has 0 N–H and O–H groups in total. The molecule has 0 saturated heterocycles. The number of halogens is 1. The lowest BCUT2D eigenvalue weighted by molar-refractivity contribution is 0.278. The average Bonchev–Trinajstić information content (AvgIpc) is 2.72. The maximum absolute atomic E-state index is 13.0. The molecule has 4 nitrogen and oxygen atoms in total. The van der Waals surface area contributed by atoms with Crippen LogP contribution in [0.4, 0.5) is 4.39 Å². The Labute approximate surface area is 123 Å². The second kappa shape index (κ2) is 6.18. The molecule has 0 radical (unpaired) electrons. The SMILES string of the molecule is COc1ncnc2c1CCN(Cc1ccc(F)cc1)CC2. The summed E-state index contributed by atoms with van der Waals surface area (Å²) < 4.78 is 18.3. The van der Waals surface area contributed by atoms with Gasteiger partial charge in [0.05, 0.1) is 12.8 Å². The van der Waals surface area contributed by atoms with E-state index in [1.165, 1.54) is 12.1 Å². The van der Waals surface area contributed by atoms with Crippen LogP contribution in [0.15, 0.2) is 30.6 Å². The van der Waals surface area contributed by atoms with Crippen molar-refractivity contribution in [2.75, 3.05) is 20.2 Å². The van der Waals surface area contributed by atoms with Crippen molar-refractivity contribution in [3.8, 4) is 5.88 Å². The van der Waals surface area contributed by atoms with E-state index in [9.17, 15) is 4.39 Å². The largest absolute Gasteiger partial charge is 0.481 e. The fourth-order valence-corrected chi connectivity index (χ4v) is 2.72. The first-order valence-corrected chi connectivity index (χ1v) is 7.10. The van der Waals surface area contributed by atoms with Gasteiger partial charge in [-0.25, -0.2) is 14.4 Å². The Morgan fingerprint density at radius 1 is 1.14 bits per heavy atom. The molecule has 0 aliphatic carbocycles. The molecule has 0 spiro atoms. The summed E-state index contributed by atoms with van der Waals surface area (Å²) in [7, 11) is 1.64. The van der Waals surface area contributed by atoms with Gasteiger partial charge in [0, 0.05) is 31.6 Å². The molecular weight excluding hydrogens is 269 g/mol. The van der Waals surface area contributed by atoms with Crippen LogP contribution < -0.4 is 4.74 Å². The highest BCUT2D eigenvalue weighted by molar-refractivity contribution is 5.31. The van der Waals surface area contributed by atoms with Crippen molar-refractivity contribution in [2.24, 2.45) is 0 Å². The fourth-order valence-electron chi connectivity index (χ4n) is 2.72. The van der Waals surface area contributed by atoms with Gasteiger partial charge in [-0.1, -0.05) is 12.1 Å². The van der Waals surface area contributed by atoms with Crippen LogP contribution in [-0.2, 0) is 19.4 Å². The zero-order valence-corrected chi connectivity index (χ0v) is 12.1. The molecule has 2 heterocycles. The molecular formula is C16H18FN3O. The maximum Gasteiger partial charge on any atom is 0.219 e. The van der Waals surface area contributed by atoms with Gasteiger partial charge in [0.1, 0.15) is 12.1 Å². The van der Waals surface area contributed by atoms with Crippen LogP contribution in [0, 0.1) is 5.82 Å². The second-order valence-electron chi connectivity index (χ2n) is 5.21. The van der Waals surface area contributed by atoms with Gasteiger partial charge in [-0.15, -0.1) is 0 Å². The van der Waals surface area contributed by atoms with Crippen molar-refractivity contribution in [3.63, 3.8) is 0 Å². The Morgan fingerprint density at radius 2 is 1.90 bits per heavy atom. The van der Waals surface area contributed by atoms with E-state index in [4.69, 9.17) is 4.74 Å². The number of hydrogen-bond donors (Lipinski definition) is 0. The number of nitrogens with zero attached hydrogens (tertiary/aromatic N) is 3. The summed E-state index contributed by atoms with van der Waals surface area (Å²) in [6.45, 7) is 2.68. The lowest BCUT2D eigenvalue weighted by Crippen LogP contribution is -2.25. The number of methoxy groups -OCH3 is 1. The van der Waals surface area contributed by atoms with Crippen molar-refractivity contribution in [1.82, 2.24) is 14.9 Å². The molecule has 1 aromatic carbocycles. The third kappa shape index (κ3) is 3.19. The second-order valence-corrected chi connectivity index (χ2v) is 5.21. The van der Waals surface area contributed by atoms with Crippen LogP contribution in [0.3, 0.4) is 0 Å². The molecule has 2 aromatic rings.